The molecule has 0 spiro atoms. The van der Waals surface area contributed by atoms with Gasteiger partial charge in [-0.15, -0.1) is 0 Å². The molecule has 1 N–H and O–H groups in total. The highest BCUT2D eigenvalue weighted by molar-refractivity contribution is 5.81. The van der Waals surface area contributed by atoms with E-state index in [0.29, 0.717) is 0 Å². The van der Waals surface area contributed by atoms with E-state index in [0.717, 1.165) is 30.7 Å². The van der Waals surface area contributed by atoms with Crippen LogP contribution in [-0.4, -0.2) is 21.3 Å². The van der Waals surface area contributed by atoms with Crippen molar-refractivity contribution in [2.45, 2.75) is 13.0 Å². The molecule has 0 bridgehead atoms. The quantitative estimate of drug-likeness (QED) is 0.721. The van der Waals surface area contributed by atoms with Crippen molar-refractivity contribution in [2.24, 2.45) is 7.05 Å². The molecule has 3 rings (SSSR count). The van der Waals surface area contributed by atoms with Crippen LogP contribution < -0.4 is 5.32 Å². The second kappa shape index (κ2) is 5.84. The predicted molar refractivity (Wildman–Crippen MR) is 80.4 cm³/mol. The molecule has 0 aliphatic heterocycles. The zero-order chi connectivity index (χ0) is 13.8. The van der Waals surface area contributed by atoms with Crippen molar-refractivity contribution in [1.82, 2.24) is 20.1 Å². The Labute approximate surface area is 118 Å². The van der Waals surface area contributed by atoms with E-state index in [-0.39, 0.29) is 0 Å². The van der Waals surface area contributed by atoms with Crippen LogP contribution in [0.1, 0.15) is 11.3 Å². The molecule has 0 amide bonds. The van der Waals surface area contributed by atoms with Gasteiger partial charge in [-0.25, -0.2) is 0 Å². The number of rotatable bonds is 5. The van der Waals surface area contributed by atoms with Crippen molar-refractivity contribution in [2.75, 3.05) is 6.54 Å². The summed E-state index contributed by atoms with van der Waals surface area (Å²) in [4.78, 5) is 4.47. The number of benzene rings is 1. The first-order valence-electron chi connectivity index (χ1n) is 6.85. The lowest BCUT2D eigenvalue weighted by Crippen LogP contribution is -2.17. The summed E-state index contributed by atoms with van der Waals surface area (Å²) < 4.78 is 1.84. The van der Waals surface area contributed by atoms with Crippen LogP contribution in [-0.2, 0) is 20.0 Å². The Bertz CT molecular complexity index is 697. The molecular formula is C16H18N4. The largest absolute Gasteiger partial charge is 0.312 e. The first-order valence-corrected chi connectivity index (χ1v) is 6.85. The lowest BCUT2D eigenvalue weighted by atomic mass is 10.1. The first kappa shape index (κ1) is 12.8. The summed E-state index contributed by atoms with van der Waals surface area (Å²) in [7, 11) is 1.94. The fraction of sp³-hybridized carbons (Fsp3) is 0.250. The van der Waals surface area contributed by atoms with E-state index in [2.05, 4.69) is 45.7 Å². The molecule has 20 heavy (non-hydrogen) atoms. The average molecular weight is 266 g/mol. The molecular weight excluding hydrogens is 248 g/mol. The summed E-state index contributed by atoms with van der Waals surface area (Å²) in [5.74, 6) is 0. The number of para-hydroxylation sites is 1. The van der Waals surface area contributed by atoms with Crippen molar-refractivity contribution in [3.8, 4) is 0 Å². The van der Waals surface area contributed by atoms with Crippen LogP contribution in [0.4, 0.5) is 0 Å². The molecule has 0 fully saturated rings. The Morgan fingerprint density at radius 1 is 1.15 bits per heavy atom. The van der Waals surface area contributed by atoms with Crippen LogP contribution in [0.5, 0.6) is 0 Å². The number of nitrogens with zero attached hydrogens (tertiary/aromatic N) is 3. The van der Waals surface area contributed by atoms with E-state index in [1.807, 2.05) is 30.2 Å². The highest BCUT2D eigenvalue weighted by atomic mass is 15.2. The molecule has 3 aromatic rings. The second-order valence-corrected chi connectivity index (χ2v) is 4.90. The number of aryl methyl sites for hydroxylation is 1. The minimum atomic E-state index is 0.835. The number of hydrogen-bond donors (Lipinski definition) is 1. The molecule has 102 valence electrons. The fourth-order valence-electron chi connectivity index (χ4n) is 2.35. The van der Waals surface area contributed by atoms with Gasteiger partial charge >= 0.3 is 0 Å². The molecule has 2 aromatic heterocycles. The summed E-state index contributed by atoms with van der Waals surface area (Å²) in [5, 5.41) is 9.02. The fourth-order valence-corrected chi connectivity index (χ4v) is 2.35. The van der Waals surface area contributed by atoms with E-state index in [4.69, 9.17) is 0 Å². The van der Waals surface area contributed by atoms with Gasteiger partial charge in [0.15, 0.2) is 0 Å². The van der Waals surface area contributed by atoms with Gasteiger partial charge in [0.1, 0.15) is 0 Å². The summed E-state index contributed by atoms with van der Waals surface area (Å²) >= 11 is 0. The van der Waals surface area contributed by atoms with Crippen molar-refractivity contribution in [1.29, 1.82) is 0 Å². The van der Waals surface area contributed by atoms with Gasteiger partial charge in [0.2, 0.25) is 0 Å². The van der Waals surface area contributed by atoms with Crippen molar-refractivity contribution < 1.29 is 0 Å². The van der Waals surface area contributed by atoms with Gasteiger partial charge in [-0.3, -0.25) is 9.67 Å². The average Bonchev–Trinajstić information content (AvgIpc) is 2.89. The van der Waals surface area contributed by atoms with Gasteiger partial charge in [0, 0.05) is 44.3 Å². The van der Waals surface area contributed by atoms with Crippen LogP contribution >= 0.6 is 0 Å². The third-order valence-electron chi connectivity index (χ3n) is 3.36. The summed E-state index contributed by atoms with van der Waals surface area (Å²) in [6.45, 7) is 1.75. The van der Waals surface area contributed by atoms with E-state index in [9.17, 15) is 0 Å². The van der Waals surface area contributed by atoms with Gasteiger partial charge in [0.25, 0.3) is 0 Å². The maximum absolute atomic E-state index is 4.47. The smallest absolute Gasteiger partial charge is 0.0746 e. The first-order chi connectivity index (χ1) is 9.83. The molecule has 1 aromatic carbocycles. The highest BCUT2D eigenvalue weighted by Crippen LogP contribution is 2.15. The molecule has 0 aliphatic rings. The zero-order valence-corrected chi connectivity index (χ0v) is 11.6. The topological polar surface area (TPSA) is 42.7 Å². The number of hydrogen-bond acceptors (Lipinski definition) is 3. The monoisotopic (exact) mass is 266 g/mol. The van der Waals surface area contributed by atoms with Crippen LogP contribution in [0.25, 0.3) is 10.9 Å². The normalized spacial score (nSPS) is 11.1. The standard InChI is InChI=1S/C16H18N4/c1-20-11-8-15(19-20)7-10-17-12-14-5-2-4-13-6-3-9-18-16(13)14/h2-6,8-9,11,17H,7,10,12H2,1H3. The highest BCUT2D eigenvalue weighted by Gasteiger charge is 2.01. The maximum atomic E-state index is 4.47. The molecule has 0 saturated heterocycles. The van der Waals surface area contributed by atoms with Gasteiger partial charge in [0.05, 0.1) is 11.2 Å². The minimum Gasteiger partial charge on any atom is -0.312 e. The van der Waals surface area contributed by atoms with Crippen molar-refractivity contribution in [3.05, 3.63) is 60.0 Å². The molecule has 0 aliphatic carbocycles. The van der Waals surface area contributed by atoms with Crippen molar-refractivity contribution >= 4 is 10.9 Å². The lowest BCUT2D eigenvalue weighted by Gasteiger charge is -2.06. The Balaban J connectivity index is 1.60. The summed E-state index contributed by atoms with van der Waals surface area (Å²) in [5.41, 5.74) is 3.44. The van der Waals surface area contributed by atoms with E-state index in [1.165, 1.54) is 10.9 Å². The molecule has 0 saturated carbocycles. The Kier molecular flexibility index (Phi) is 3.74. The van der Waals surface area contributed by atoms with Crippen LogP contribution in [0.15, 0.2) is 48.8 Å². The Hall–Kier alpha value is -2.20. The molecule has 0 radical (unpaired) electrons. The van der Waals surface area contributed by atoms with Crippen LogP contribution in [0.3, 0.4) is 0 Å². The molecule has 2 heterocycles. The Morgan fingerprint density at radius 3 is 2.90 bits per heavy atom. The third kappa shape index (κ3) is 2.86. The number of fused-ring (bicyclic) bond motifs is 1. The third-order valence-corrected chi connectivity index (χ3v) is 3.36. The van der Waals surface area contributed by atoms with E-state index >= 15 is 0 Å². The van der Waals surface area contributed by atoms with Gasteiger partial charge in [-0.1, -0.05) is 24.3 Å². The Morgan fingerprint density at radius 2 is 2.05 bits per heavy atom. The number of nitrogens with one attached hydrogen (secondary N) is 1. The predicted octanol–water partition coefficient (Wildman–Crippen LogP) is 2.30. The second-order valence-electron chi connectivity index (χ2n) is 4.90. The van der Waals surface area contributed by atoms with Crippen LogP contribution in [0, 0.1) is 0 Å². The molecule has 0 unspecified atom stereocenters. The minimum absolute atomic E-state index is 0.835. The summed E-state index contributed by atoms with van der Waals surface area (Å²) in [6.07, 6.45) is 4.77. The molecule has 4 heteroatoms. The van der Waals surface area contributed by atoms with E-state index < -0.39 is 0 Å². The van der Waals surface area contributed by atoms with Gasteiger partial charge < -0.3 is 5.32 Å². The zero-order valence-electron chi connectivity index (χ0n) is 11.6. The number of aromatic nitrogens is 3. The van der Waals surface area contributed by atoms with Crippen LogP contribution in [0.2, 0.25) is 0 Å². The van der Waals surface area contributed by atoms with Gasteiger partial charge in [-0.2, -0.15) is 5.10 Å². The van der Waals surface area contributed by atoms with Crippen molar-refractivity contribution in [3.63, 3.8) is 0 Å². The maximum Gasteiger partial charge on any atom is 0.0746 e. The lowest BCUT2D eigenvalue weighted by molar-refractivity contribution is 0.667. The number of pyridine rings is 1. The SMILES string of the molecule is Cn1ccc(CCNCc2cccc3cccnc23)n1. The summed E-state index contributed by atoms with van der Waals surface area (Å²) in [6, 6.07) is 12.4. The van der Waals surface area contributed by atoms with Gasteiger partial charge in [-0.05, 0) is 17.7 Å². The molecule has 0 atom stereocenters. The molecule has 4 nitrogen and oxygen atoms in total. The van der Waals surface area contributed by atoms with E-state index in [1.54, 1.807) is 0 Å².